The van der Waals surface area contributed by atoms with Gasteiger partial charge in [-0.1, -0.05) is 25.1 Å². The minimum Gasteiger partial charge on any atom is -0.325 e. The summed E-state index contributed by atoms with van der Waals surface area (Å²) in [5.74, 6) is 0.0679. The van der Waals surface area contributed by atoms with Gasteiger partial charge in [0.25, 0.3) is 0 Å². The van der Waals surface area contributed by atoms with Crippen LogP contribution >= 0.6 is 11.3 Å². The SMILES string of the molecule is CC[C@H]1c2ccsc2CCN1CC(=O)Nc1ccccc1. The third-order valence-electron chi connectivity index (χ3n) is 4.00. The molecule has 21 heavy (non-hydrogen) atoms. The zero-order valence-corrected chi connectivity index (χ0v) is 13.0. The number of hydrogen-bond donors (Lipinski definition) is 1. The molecule has 1 amide bonds. The summed E-state index contributed by atoms with van der Waals surface area (Å²) in [7, 11) is 0. The first-order chi connectivity index (χ1) is 10.3. The Hall–Kier alpha value is -1.65. The molecule has 4 heteroatoms. The Morgan fingerprint density at radius 2 is 2.14 bits per heavy atom. The predicted octanol–water partition coefficient (Wildman–Crippen LogP) is 3.70. The summed E-state index contributed by atoms with van der Waals surface area (Å²) in [6.45, 7) is 3.62. The molecule has 2 aromatic rings. The number of carbonyl (C=O) groups is 1. The summed E-state index contributed by atoms with van der Waals surface area (Å²) in [5.41, 5.74) is 2.28. The Kier molecular flexibility index (Phi) is 4.36. The van der Waals surface area contributed by atoms with Gasteiger partial charge in [-0.2, -0.15) is 0 Å². The van der Waals surface area contributed by atoms with Crippen LogP contribution in [0.25, 0.3) is 0 Å². The van der Waals surface area contributed by atoms with Gasteiger partial charge in [-0.05, 0) is 42.0 Å². The molecule has 0 radical (unpaired) electrons. The minimum atomic E-state index is 0.0679. The van der Waals surface area contributed by atoms with Gasteiger partial charge in [0, 0.05) is 23.2 Å². The summed E-state index contributed by atoms with van der Waals surface area (Å²) in [6, 6.07) is 12.2. The topological polar surface area (TPSA) is 32.3 Å². The molecule has 1 aliphatic heterocycles. The Morgan fingerprint density at radius 1 is 1.33 bits per heavy atom. The first-order valence-electron chi connectivity index (χ1n) is 7.43. The lowest BCUT2D eigenvalue weighted by Gasteiger charge is -2.34. The number of fused-ring (bicyclic) bond motifs is 1. The second kappa shape index (κ2) is 6.41. The zero-order valence-electron chi connectivity index (χ0n) is 12.2. The molecule has 1 aromatic carbocycles. The van der Waals surface area contributed by atoms with E-state index in [2.05, 4.69) is 28.6 Å². The molecule has 0 saturated heterocycles. The molecule has 3 rings (SSSR count). The number of nitrogens with one attached hydrogen (secondary N) is 1. The van der Waals surface area contributed by atoms with Crippen LogP contribution in [-0.4, -0.2) is 23.9 Å². The van der Waals surface area contributed by atoms with Crippen molar-refractivity contribution < 1.29 is 4.79 Å². The first-order valence-corrected chi connectivity index (χ1v) is 8.31. The van der Waals surface area contributed by atoms with Gasteiger partial charge in [0.05, 0.1) is 6.54 Å². The fraction of sp³-hybridized carbons (Fsp3) is 0.353. The number of amides is 1. The summed E-state index contributed by atoms with van der Waals surface area (Å²) in [6.07, 6.45) is 2.10. The van der Waals surface area contributed by atoms with E-state index in [1.54, 1.807) is 0 Å². The third-order valence-corrected chi connectivity index (χ3v) is 4.99. The standard InChI is InChI=1S/C17H20N2OS/c1-2-15-14-9-11-21-16(14)8-10-19(15)12-17(20)18-13-6-4-3-5-7-13/h3-7,9,11,15H,2,8,10,12H2,1H3,(H,18,20)/t15-/m0/s1. The fourth-order valence-corrected chi connectivity index (χ4v) is 3.95. The van der Waals surface area contributed by atoms with Crippen molar-refractivity contribution >= 4 is 22.9 Å². The van der Waals surface area contributed by atoms with Crippen molar-refractivity contribution in [1.82, 2.24) is 4.90 Å². The lowest BCUT2D eigenvalue weighted by Crippen LogP contribution is -2.40. The molecule has 3 nitrogen and oxygen atoms in total. The minimum absolute atomic E-state index is 0.0679. The summed E-state index contributed by atoms with van der Waals surface area (Å²) in [4.78, 5) is 16.0. The second-order valence-corrected chi connectivity index (χ2v) is 6.36. The Morgan fingerprint density at radius 3 is 2.90 bits per heavy atom. The van der Waals surface area contributed by atoms with Crippen molar-refractivity contribution in [2.45, 2.75) is 25.8 Å². The first kappa shape index (κ1) is 14.3. The van der Waals surface area contributed by atoms with Crippen molar-refractivity contribution in [1.29, 1.82) is 0 Å². The van der Waals surface area contributed by atoms with Gasteiger partial charge >= 0.3 is 0 Å². The van der Waals surface area contributed by atoms with Crippen LogP contribution in [0.3, 0.4) is 0 Å². The van der Waals surface area contributed by atoms with Gasteiger partial charge in [-0.25, -0.2) is 0 Å². The summed E-state index contributed by atoms with van der Waals surface area (Å²) < 4.78 is 0. The maximum Gasteiger partial charge on any atom is 0.238 e. The summed E-state index contributed by atoms with van der Waals surface area (Å²) in [5, 5.41) is 5.14. The highest BCUT2D eigenvalue weighted by Crippen LogP contribution is 2.34. The van der Waals surface area contributed by atoms with Crippen molar-refractivity contribution in [3.05, 3.63) is 52.2 Å². The third kappa shape index (κ3) is 3.17. The molecule has 0 aliphatic carbocycles. The molecule has 1 aliphatic rings. The van der Waals surface area contributed by atoms with Crippen molar-refractivity contribution in [3.8, 4) is 0 Å². The quantitative estimate of drug-likeness (QED) is 0.934. The smallest absolute Gasteiger partial charge is 0.238 e. The monoisotopic (exact) mass is 300 g/mol. The predicted molar refractivity (Wildman–Crippen MR) is 87.7 cm³/mol. The number of carbonyl (C=O) groups excluding carboxylic acids is 1. The molecule has 0 bridgehead atoms. The molecule has 1 atom stereocenters. The van der Waals surface area contributed by atoms with E-state index in [-0.39, 0.29) is 5.91 Å². The van der Waals surface area contributed by atoms with Gasteiger partial charge in [-0.15, -0.1) is 11.3 Å². The Balaban J connectivity index is 1.66. The van der Waals surface area contributed by atoms with Crippen LogP contribution in [0.5, 0.6) is 0 Å². The van der Waals surface area contributed by atoms with Crippen molar-refractivity contribution in [3.63, 3.8) is 0 Å². The molecule has 0 fully saturated rings. The highest BCUT2D eigenvalue weighted by atomic mass is 32.1. The lowest BCUT2D eigenvalue weighted by molar-refractivity contribution is -0.118. The second-order valence-electron chi connectivity index (χ2n) is 5.36. The normalized spacial score (nSPS) is 18.2. The lowest BCUT2D eigenvalue weighted by atomic mass is 9.98. The van der Waals surface area contributed by atoms with Gasteiger partial charge in [0.15, 0.2) is 0 Å². The molecule has 1 N–H and O–H groups in total. The maximum absolute atomic E-state index is 12.2. The van der Waals surface area contributed by atoms with E-state index in [4.69, 9.17) is 0 Å². The van der Waals surface area contributed by atoms with E-state index in [9.17, 15) is 4.79 Å². The fourth-order valence-electron chi connectivity index (χ4n) is 3.02. The Bertz CT molecular complexity index is 608. The van der Waals surface area contributed by atoms with Crippen LogP contribution in [0, 0.1) is 0 Å². The van der Waals surface area contributed by atoms with E-state index >= 15 is 0 Å². The van der Waals surface area contributed by atoms with Crippen LogP contribution in [0.1, 0.15) is 29.8 Å². The van der Waals surface area contributed by atoms with Crippen molar-refractivity contribution in [2.24, 2.45) is 0 Å². The van der Waals surface area contributed by atoms with E-state index in [1.807, 2.05) is 41.7 Å². The average molecular weight is 300 g/mol. The maximum atomic E-state index is 12.2. The molecule has 2 heterocycles. The molecule has 1 aromatic heterocycles. The molecular weight excluding hydrogens is 280 g/mol. The van der Waals surface area contributed by atoms with Crippen LogP contribution in [0.15, 0.2) is 41.8 Å². The highest BCUT2D eigenvalue weighted by molar-refractivity contribution is 7.10. The van der Waals surface area contributed by atoms with Gasteiger partial charge in [0.2, 0.25) is 5.91 Å². The molecule has 0 saturated carbocycles. The number of thiophene rings is 1. The van der Waals surface area contributed by atoms with Crippen LogP contribution in [-0.2, 0) is 11.2 Å². The van der Waals surface area contributed by atoms with Crippen LogP contribution in [0.2, 0.25) is 0 Å². The van der Waals surface area contributed by atoms with E-state index in [0.717, 1.165) is 25.1 Å². The van der Waals surface area contributed by atoms with E-state index in [1.165, 1.54) is 10.4 Å². The van der Waals surface area contributed by atoms with Gasteiger partial charge in [-0.3, -0.25) is 9.69 Å². The van der Waals surface area contributed by atoms with E-state index in [0.29, 0.717) is 12.6 Å². The van der Waals surface area contributed by atoms with Crippen LogP contribution < -0.4 is 5.32 Å². The number of hydrogen-bond acceptors (Lipinski definition) is 3. The molecule has 0 unspecified atom stereocenters. The average Bonchev–Trinajstić information content (AvgIpc) is 2.96. The summed E-state index contributed by atoms with van der Waals surface area (Å²) >= 11 is 1.84. The number of para-hydroxylation sites is 1. The number of nitrogens with zero attached hydrogens (tertiary/aromatic N) is 1. The number of benzene rings is 1. The van der Waals surface area contributed by atoms with Gasteiger partial charge in [0.1, 0.15) is 0 Å². The molecule has 0 spiro atoms. The number of rotatable bonds is 4. The highest BCUT2D eigenvalue weighted by Gasteiger charge is 2.28. The molecular formula is C17H20N2OS. The zero-order chi connectivity index (χ0) is 14.7. The van der Waals surface area contributed by atoms with Crippen molar-refractivity contribution in [2.75, 3.05) is 18.4 Å². The van der Waals surface area contributed by atoms with Crippen LogP contribution in [0.4, 0.5) is 5.69 Å². The van der Waals surface area contributed by atoms with E-state index < -0.39 is 0 Å². The van der Waals surface area contributed by atoms with Gasteiger partial charge < -0.3 is 5.32 Å². The molecule has 110 valence electrons. The number of anilines is 1. The Labute approximate surface area is 129 Å². The largest absolute Gasteiger partial charge is 0.325 e.